The third-order valence-electron chi connectivity index (χ3n) is 4.35. The number of methoxy groups -OCH3 is 1. The van der Waals surface area contributed by atoms with Crippen molar-refractivity contribution in [2.45, 2.75) is 6.92 Å². The van der Waals surface area contributed by atoms with Crippen LogP contribution in [-0.4, -0.2) is 31.7 Å². The predicted molar refractivity (Wildman–Crippen MR) is 129 cm³/mol. The van der Waals surface area contributed by atoms with Gasteiger partial charge in [0.15, 0.2) is 16.6 Å². The van der Waals surface area contributed by atoms with Gasteiger partial charge in [0.05, 0.1) is 13.3 Å². The normalized spacial score (nSPS) is 10.5. The van der Waals surface area contributed by atoms with Gasteiger partial charge in [-0.25, -0.2) is 0 Å². The zero-order chi connectivity index (χ0) is 21.9. The average molecular weight is 436 g/mol. The summed E-state index contributed by atoms with van der Waals surface area (Å²) in [5, 5.41) is 7.76. The molecule has 3 rings (SSSR count). The summed E-state index contributed by atoms with van der Waals surface area (Å²) in [5.41, 5.74) is 5.70. The number of hydrogen-bond acceptors (Lipinski definition) is 5. The van der Waals surface area contributed by atoms with Crippen LogP contribution in [0.25, 0.3) is 0 Å². The van der Waals surface area contributed by atoms with Crippen LogP contribution in [0, 0.1) is 6.92 Å². The fourth-order valence-corrected chi connectivity index (χ4v) is 2.95. The molecule has 0 spiro atoms. The lowest BCUT2D eigenvalue weighted by Gasteiger charge is -2.12. The van der Waals surface area contributed by atoms with Gasteiger partial charge in [0.1, 0.15) is 19.0 Å². The van der Waals surface area contributed by atoms with E-state index in [1.165, 1.54) is 0 Å². The van der Waals surface area contributed by atoms with E-state index in [1.807, 2.05) is 79.7 Å². The number of nitrogens with one attached hydrogen (secondary N) is 2. The largest absolute Gasteiger partial charge is 0.493 e. The van der Waals surface area contributed by atoms with E-state index in [0.29, 0.717) is 35.6 Å². The second-order valence-electron chi connectivity index (χ2n) is 6.52. The Bertz CT molecular complexity index is 1040. The van der Waals surface area contributed by atoms with Gasteiger partial charge in [-0.3, -0.25) is 5.43 Å². The molecule has 0 saturated carbocycles. The molecule has 0 bridgehead atoms. The van der Waals surface area contributed by atoms with Gasteiger partial charge in [-0.2, -0.15) is 5.10 Å². The monoisotopic (exact) mass is 435 g/mol. The standard InChI is InChI=1S/C24H25N3O3S/c1-18-9-3-5-11-20(18)26-24(31)27-25-17-19-10-4-6-12-21(19)29-15-16-30-23-14-8-7-13-22(23)28-2/h3-14,17H,15-16H2,1-2H3,(H2,26,27,31). The minimum atomic E-state index is 0.379. The van der Waals surface area contributed by atoms with E-state index in [2.05, 4.69) is 15.8 Å². The molecule has 3 aromatic carbocycles. The van der Waals surface area contributed by atoms with E-state index in [-0.39, 0.29) is 0 Å². The van der Waals surface area contributed by atoms with Gasteiger partial charge in [0.2, 0.25) is 0 Å². The van der Waals surface area contributed by atoms with Crippen LogP contribution in [0.5, 0.6) is 17.2 Å². The molecule has 0 aliphatic rings. The Labute approximate surface area is 187 Å². The number of benzene rings is 3. The fraction of sp³-hybridized carbons (Fsp3) is 0.167. The summed E-state index contributed by atoms with van der Waals surface area (Å²) < 4.78 is 16.9. The van der Waals surface area contributed by atoms with Crippen LogP contribution in [0.2, 0.25) is 0 Å². The summed E-state index contributed by atoms with van der Waals surface area (Å²) in [6, 6.07) is 23.0. The first-order valence-electron chi connectivity index (χ1n) is 9.80. The van der Waals surface area contributed by atoms with Gasteiger partial charge in [-0.15, -0.1) is 0 Å². The highest BCUT2D eigenvalue weighted by Gasteiger charge is 2.04. The SMILES string of the molecule is COc1ccccc1OCCOc1ccccc1C=NNC(=S)Nc1ccccc1C. The van der Waals surface area contributed by atoms with E-state index in [4.69, 9.17) is 26.4 Å². The number of para-hydroxylation sites is 4. The summed E-state index contributed by atoms with van der Waals surface area (Å²) in [6.45, 7) is 2.78. The van der Waals surface area contributed by atoms with Gasteiger partial charge in [-0.05, 0) is 55.0 Å². The number of anilines is 1. The summed E-state index contributed by atoms with van der Waals surface area (Å²) in [6.07, 6.45) is 1.67. The maximum Gasteiger partial charge on any atom is 0.191 e. The van der Waals surface area contributed by atoms with Gasteiger partial charge in [-0.1, -0.05) is 42.5 Å². The van der Waals surface area contributed by atoms with Crippen LogP contribution in [0.4, 0.5) is 5.69 Å². The van der Waals surface area contributed by atoms with Crippen LogP contribution < -0.4 is 25.0 Å². The Morgan fingerprint density at radius 3 is 2.23 bits per heavy atom. The number of aryl methyl sites for hydroxylation is 1. The van der Waals surface area contributed by atoms with Gasteiger partial charge in [0.25, 0.3) is 0 Å². The van der Waals surface area contributed by atoms with Crippen LogP contribution in [-0.2, 0) is 0 Å². The molecule has 0 aromatic heterocycles. The van der Waals surface area contributed by atoms with E-state index < -0.39 is 0 Å². The molecule has 0 saturated heterocycles. The third kappa shape index (κ3) is 6.72. The molecule has 0 heterocycles. The smallest absolute Gasteiger partial charge is 0.191 e. The molecule has 7 heteroatoms. The molecular weight excluding hydrogens is 410 g/mol. The lowest BCUT2D eigenvalue weighted by Crippen LogP contribution is -2.24. The summed E-state index contributed by atoms with van der Waals surface area (Å²) in [7, 11) is 1.62. The van der Waals surface area contributed by atoms with Crippen molar-refractivity contribution in [3.8, 4) is 17.2 Å². The number of hydrazone groups is 1. The molecule has 0 radical (unpaired) electrons. The highest BCUT2D eigenvalue weighted by atomic mass is 32.1. The van der Waals surface area contributed by atoms with E-state index >= 15 is 0 Å². The quantitative estimate of drug-likeness (QED) is 0.218. The highest BCUT2D eigenvalue weighted by molar-refractivity contribution is 7.80. The molecule has 0 aliphatic carbocycles. The first-order valence-corrected chi connectivity index (χ1v) is 10.2. The molecular formula is C24H25N3O3S. The minimum absolute atomic E-state index is 0.379. The maximum absolute atomic E-state index is 5.87. The van der Waals surface area contributed by atoms with Crippen LogP contribution in [0.3, 0.4) is 0 Å². The molecule has 0 unspecified atom stereocenters. The van der Waals surface area contributed by atoms with E-state index in [0.717, 1.165) is 16.8 Å². The topological polar surface area (TPSA) is 64.1 Å². The molecule has 6 nitrogen and oxygen atoms in total. The molecule has 0 amide bonds. The average Bonchev–Trinajstić information content (AvgIpc) is 2.79. The zero-order valence-electron chi connectivity index (χ0n) is 17.5. The Morgan fingerprint density at radius 1 is 0.871 bits per heavy atom. The molecule has 0 atom stereocenters. The van der Waals surface area contributed by atoms with Crippen LogP contribution in [0.1, 0.15) is 11.1 Å². The Balaban J connectivity index is 1.50. The third-order valence-corrected chi connectivity index (χ3v) is 4.54. The second-order valence-corrected chi connectivity index (χ2v) is 6.93. The molecule has 2 N–H and O–H groups in total. The van der Waals surface area contributed by atoms with Gasteiger partial charge < -0.3 is 19.5 Å². The number of thiocarbonyl (C=S) groups is 1. The number of nitrogens with zero attached hydrogens (tertiary/aromatic N) is 1. The molecule has 160 valence electrons. The lowest BCUT2D eigenvalue weighted by atomic mass is 10.2. The van der Waals surface area contributed by atoms with Crippen molar-refractivity contribution in [2.75, 3.05) is 25.6 Å². The Morgan fingerprint density at radius 2 is 1.48 bits per heavy atom. The van der Waals surface area contributed by atoms with Gasteiger partial charge in [0, 0.05) is 11.3 Å². The van der Waals surface area contributed by atoms with Crippen molar-refractivity contribution in [3.05, 3.63) is 83.9 Å². The highest BCUT2D eigenvalue weighted by Crippen LogP contribution is 2.25. The summed E-state index contributed by atoms with van der Waals surface area (Å²) in [5.74, 6) is 2.08. The van der Waals surface area contributed by atoms with Crippen molar-refractivity contribution in [3.63, 3.8) is 0 Å². The molecule has 3 aromatic rings. The minimum Gasteiger partial charge on any atom is -0.493 e. The van der Waals surface area contributed by atoms with Crippen molar-refractivity contribution in [1.29, 1.82) is 0 Å². The number of rotatable bonds is 9. The van der Waals surface area contributed by atoms with E-state index in [9.17, 15) is 0 Å². The first kappa shape index (κ1) is 22.1. The number of hydrogen-bond donors (Lipinski definition) is 2. The van der Waals surface area contributed by atoms with Crippen molar-refractivity contribution in [1.82, 2.24) is 5.43 Å². The van der Waals surface area contributed by atoms with Crippen molar-refractivity contribution < 1.29 is 14.2 Å². The Hall–Kier alpha value is -3.58. The lowest BCUT2D eigenvalue weighted by molar-refractivity contribution is 0.211. The van der Waals surface area contributed by atoms with Gasteiger partial charge >= 0.3 is 0 Å². The summed E-state index contributed by atoms with van der Waals surface area (Å²) >= 11 is 5.30. The predicted octanol–water partition coefficient (Wildman–Crippen LogP) is 4.78. The second kappa shape index (κ2) is 11.6. The zero-order valence-corrected chi connectivity index (χ0v) is 18.3. The van der Waals surface area contributed by atoms with Crippen molar-refractivity contribution >= 4 is 29.2 Å². The first-order chi connectivity index (χ1) is 15.2. The van der Waals surface area contributed by atoms with Crippen LogP contribution >= 0.6 is 12.2 Å². The molecule has 0 aliphatic heterocycles. The number of ether oxygens (including phenoxy) is 3. The fourth-order valence-electron chi connectivity index (χ4n) is 2.78. The van der Waals surface area contributed by atoms with E-state index in [1.54, 1.807) is 13.3 Å². The molecule has 31 heavy (non-hydrogen) atoms. The maximum atomic E-state index is 5.87. The van der Waals surface area contributed by atoms with Crippen LogP contribution in [0.15, 0.2) is 77.9 Å². The van der Waals surface area contributed by atoms with Crippen molar-refractivity contribution in [2.24, 2.45) is 5.10 Å². The Kier molecular flexibility index (Phi) is 8.25. The summed E-state index contributed by atoms with van der Waals surface area (Å²) in [4.78, 5) is 0. The molecule has 0 fully saturated rings.